The smallest absolute Gasteiger partial charge is 0.233 e. The first kappa shape index (κ1) is 35.9. The van der Waals surface area contributed by atoms with E-state index in [1.165, 1.54) is 0 Å². The van der Waals surface area contributed by atoms with E-state index in [1.807, 2.05) is 18.2 Å². The van der Waals surface area contributed by atoms with Crippen LogP contribution in [-0.4, -0.2) is 33.7 Å². The van der Waals surface area contributed by atoms with Crippen molar-refractivity contribution in [3.05, 3.63) is 57.6 Å². The quantitative estimate of drug-likeness (QED) is 0.182. The second-order valence-electron chi connectivity index (χ2n) is 13.5. The predicted octanol–water partition coefficient (Wildman–Crippen LogP) is 10.2. The molecule has 2 aliphatic heterocycles. The van der Waals surface area contributed by atoms with Crippen molar-refractivity contribution in [1.29, 1.82) is 0 Å². The van der Waals surface area contributed by atoms with Crippen LogP contribution in [0, 0.1) is 11.8 Å². The average Bonchev–Trinajstić information content (AvgIpc) is 2.99. The third kappa shape index (κ3) is 7.95. The van der Waals surface area contributed by atoms with E-state index in [-0.39, 0.29) is 23.2 Å². The van der Waals surface area contributed by atoms with E-state index in [1.54, 1.807) is 0 Å². The van der Waals surface area contributed by atoms with Crippen LogP contribution in [0.3, 0.4) is 0 Å². The van der Waals surface area contributed by atoms with Crippen molar-refractivity contribution in [3.8, 4) is 11.5 Å². The molecule has 2 bridgehead atoms. The van der Waals surface area contributed by atoms with Gasteiger partial charge in [-0.1, -0.05) is 34.6 Å². The maximum Gasteiger partial charge on any atom is 0.233 e. The van der Waals surface area contributed by atoms with Gasteiger partial charge in [0.25, 0.3) is 0 Å². The summed E-state index contributed by atoms with van der Waals surface area (Å²) in [6.07, 6.45) is 1.73. The Labute approximate surface area is 283 Å². The summed E-state index contributed by atoms with van der Waals surface area (Å²) >= 11 is 24.3. The van der Waals surface area contributed by atoms with Crippen molar-refractivity contribution in [2.24, 2.45) is 11.8 Å². The summed E-state index contributed by atoms with van der Waals surface area (Å²) in [5, 5.41) is 23.1. The molecule has 0 saturated heterocycles. The molecular weight excluding hydrogens is 642 g/mol. The Morgan fingerprint density at radius 3 is 1.61 bits per heavy atom. The Balaban J connectivity index is 1.78. The van der Waals surface area contributed by atoms with Crippen molar-refractivity contribution >= 4 is 46.4 Å². The number of alkyl halides is 4. The zero-order chi connectivity index (χ0) is 32.2. The number of rotatable bonds is 15. The molecule has 0 radical (unpaired) electrons. The van der Waals surface area contributed by atoms with E-state index in [4.69, 9.17) is 60.6 Å². The van der Waals surface area contributed by atoms with Crippen LogP contribution in [0.2, 0.25) is 0 Å². The molecular formula is C35H48Cl4O5. The Bertz CT molecular complexity index is 1250. The minimum atomic E-state index is -0.716. The van der Waals surface area contributed by atoms with Gasteiger partial charge in [-0.3, -0.25) is 4.74 Å². The third-order valence-corrected chi connectivity index (χ3v) is 9.87. The first-order valence-electron chi connectivity index (χ1n) is 15.9. The molecule has 44 heavy (non-hydrogen) atoms. The lowest BCUT2D eigenvalue weighted by Crippen LogP contribution is -2.33. The van der Waals surface area contributed by atoms with E-state index in [0.717, 1.165) is 64.8 Å². The zero-order valence-corrected chi connectivity index (χ0v) is 29.6. The Hall–Kier alpha value is -0.920. The molecule has 2 aliphatic rings. The topological polar surface area (TPSA) is 68.2 Å². The lowest BCUT2D eigenvalue weighted by molar-refractivity contribution is -0.228. The van der Waals surface area contributed by atoms with Crippen molar-refractivity contribution < 1.29 is 24.4 Å². The Morgan fingerprint density at radius 1 is 0.682 bits per heavy atom. The molecule has 0 spiro atoms. The van der Waals surface area contributed by atoms with Crippen LogP contribution >= 0.6 is 46.4 Å². The lowest BCUT2D eigenvalue weighted by Gasteiger charge is -2.41. The van der Waals surface area contributed by atoms with Crippen LogP contribution in [0.5, 0.6) is 11.5 Å². The van der Waals surface area contributed by atoms with E-state index in [0.29, 0.717) is 42.1 Å². The number of hydrogen-bond acceptors (Lipinski definition) is 5. The van der Waals surface area contributed by atoms with Gasteiger partial charge in [0.2, 0.25) is 12.6 Å². The molecule has 6 atom stereocenters. The first-order chi connectivity index (χ1) is 20.9. The van der Waals surface area contributed by atoms with Gasteiger partial charge >= 0.3 is 0 Å². The van der Waals surface area contributed by atoms with Gasteiger partial charge in [0.1, 0.15) is 11.5 Å². The summed E-state index contributed by atoms with van der Waals surface area (Å²) in [7, 11) is 0. The highest BCUT2D eigenvalue weighted by Gasteiger charge is 2.43. The second kappa shape index (κ2) is 15.8. The summed E-state index contributed by atoms with van der Waals surface area (Å²) < 4.78 is 19.8. The van der Waals surface area contributed by atoms with E-state index in [9.17, 15) is 10.2 Å². The van der Waals surface area contributed by atoms with Crippen LogP contribution < -0.4 is 9.47 Å². The highest BCUT2D eigenvalue weighted by molar-refractivity contribution is 6.18. The number of aliphatic hydroxyl groups excluding tert-OH is 2. The normalized spacial score (nSPS) is 20.3. The van der Waals surface area contributed by atoms with Gasteiger partial charge < -0.3 is 19.7 Å². The molecule has 2 aromatic rings. The monoisotopic (exact) mass is 688 g/mol. The molecule has 0 saturated carbocycles. The zero-order valence-electron chi connectivity index (χ0n) is 26.6. The molecule has 2 aromatic carbocycles. The summed E-state index contributed by atoms with van der Waals surface area (Å²) in [4.78, 5) is 0. The lowest BCUT2D eigenvalue weighted by atomic mass is 9.80. The minimum Gasteiger partial charge on any atom is -0.459 e. The van der Waals surface area contributed by atoms with Crippen molar-refractivity contribution in [2.75, 3.05) is 23.5 Å². The number of fused-ring (bicyclic) bond motifs is 6. The fourth-order valence-corrected chi connectivity index (χ4v) is 7.27. The number of aliphatic hydroxyl groups is 2. The van der Waals surface area contributed by atoms with Gasteiger partial charge in [-0.05, 0) is 103 Å². The largest absolute Gasteiger partial charge is 0.459 e. The molecule has 6 unspecified atom stereocenters. The fraction of sp³-hybridized carbons (Fsp3) is 0.657. The highest BCUT2D eigenvalue weighted by atomic mass is 35.5. The highest BCUT2D eigenvalue weighted by Crippen LogP contribution is 2.54. The molecule has 0 aromatic heterocycles. The predicted molar refractivity (Wildman–Crippen MR) is 181 cm³/mol. The molecule has 9 heteroatoms. The van der Waals surface area contributed by atoms with Gasteiger partial charge in [-0.25, -0.2) is 0 Å². The minimum absolute atomic E-state index is 0.0140. The maximum absolute atomic E-state index is 11.6. The fourth-order valence-electron chi connectivity index (χ4n) is 6.40. The third-order valence-electron chi connectivity index (χ3n) is 8.90. The average molecular weight is 691 g/mol. The van der Waals surface area contributed by atoms with Crippen LogP contribution in [0.25, 0.3) is 0 Å². The summed E-state index contributed by atoms with van der Waals surface area (Å²) in [6.45, 7) is 10.6. The van der Waals surface area contributed by atoms with E-state index in [2.05, 4.69) is 40.7 Å². The standard InChI is InChI=1S/C35H48Cl4O5/c1-20(2)25-16-23(29(40)21(10-14-38)8-6-12-36)17-26-31(25)42-34-27-18-24(30(41)22(11-15-39)9-7-13-37)19-28(35(3,4)5)32(27)43-33(26)44-34/h16-22,29-30,33-34,40-41H,6-15H2,1-5H3. The molecule has 0 aliphatic carbocycles. The van der Waals surface area contributed by atoms with Crippen LogP contribution in [0.1, 0.15) is 137 Å². The maximum atomic E-state index is 11.6. The van der Waals surface area contributed by atoms with Crippen molar-refractivity contribution in [3.63, 3.8) is 0 Å². The van der Waals surface area contributed by atoms with Gasteiger partial charge in [0, 0.05) is 29.1 Å². The first-order valence-corrected chi connectivity index (χ1v) is 18.0. The number of ether oxygens (including phenoxy) is 3. The van der Waals surface area contributed by atoms with Gasteiger partial charge in [-0.2, -0.15) is 0 Å². The summed E-state index contributed by atoms with van der Waals surface area (Å²) in [5.74, 6) is 3.55. The SMILES string of the molecule is CC(C)c1cc(C(O)C(CCCl)CCCCl)cc2c1OC1OC2Oc2c1cc(C(O)C(CCCl)CCCCl)cc2C(C)(C)C. The number of benzene rings is 2. The van der Waals surface area contributed by atoms with Gasteiger partial charge in [0.15, 0.2) is 0 Å². The Morgan fingerprint density at radius 2 is 1.16 bits per heavy atom. The van der Waals surface area contributed by atoms with E-state index < -0.39 is 24.8 Å². The van der Waals surface area contributed by atoms with E-state index >= 15 is 0 Å². The molecule has 2 N–H and O–H groups in total. The van der Waals surface area contributed by atoms with Crippen molar-refractivity contribution in [1.82, 2.24) is 0 Å². The number of halogens is 4. The molecule has 0 fully saturated rings. The van der Waals surface area contributed by atoms with Crippen LogP contribution in [-0.2, 0) is 10.2 Å². The molecule has 246 valence electrons. The molecule has 2 heterocycles. The van der Waals surface area contributed by atoms with Crippen LogP contribution in [0.4, 0.5) is 0 Å². The number of hydrogen-bond donors (Lipinski definition) is 2. The second-order valence-corrected chi connectivity index (χ2v) is 15.0. The van der Waals surface area contributed by atoms with Crippen LogP contribution in [0.15, 0.2) is 24.3 Å². The summed E-state index contributed by atoms with van der Waals surface area (Å²) in [5.41, 5.74) is 4.79. The molecule has 4 rings (SSSR count). The van der Waals surface area contributed by atoms with Crippen molar-refractivity contribution in [2.45, 2.75) is 109 Å². The molecule has 0 amide bonds. The van der Waals surface area contributed by atoms with Gasteiger partial charge in [0.05, 0.1) is 23.3 Å². The Kier molecular flexibility index (Phi) is 12.9. The summed E-state index contributed by atoms with van der Waals surface area (Å²) in [6, 6.07) is 8.03. The van der Waals surface area contributed by atoms with Gasteiger partial charge in [-0.15, -0.1) is 46.4 Å². The molecule has 5 nitrogen and oxygen atoms in total.